The topological polar surface area (TPSA) is 90.9 Å². The Morgan fingerprint density at radius 3 is 2.70 bits per heavy atom. The van der Waals surface area contributed by atoms with Crippen molar-refractivity contribution in [3.05, 3.63) is 35.4 Å². The number of hydrogen-bond acceptors (Lipinski definition) is 4. The van der Waals surface area contributed by atoms with Gasteiger partial charge in [0.05, 0.1) is 18.1 Å². The molecule has 2 aliphatic heterocycles. The van der Waals surface area contributed by atoms with E-state index in [4.69, 9.17) is 0 Å². The van der Waals surface area contributed by atoms with Gasteiger partial charge >= 0.3 is 0 Å². The molecule has 1 unspecified atom stereocenters. The van der Waals surface area contributed by atoms with Crippen LogP contribution in [0.5, 0.6) is 0 Å². The van der Waals surface area contributed by atoms with Gasteiger partial charge < -0.3 is 15.5 Å². The van der Waals surface area contributed by atoms with Crippen LogP contribution < -0.4 is 10.6 Å². The summed E-state index contributed by atoms with van der Waals surface area (Å²) in [5.74, 6) is 1.24. The highest BCUT2D eigenvalue weighted by molar-refractivity contribution is 7.91. The SMILES string of the molecule is CCNC(=NCc1ccccc1CN1CCCC1=O)NC1CCS(=O)(=O)C1. The Hall–Kier alpha value is -2.09. The molecule has 2 N–H and O–H groups in total. The Morgan fingerprint density at radius 2 is 2.07 bits per heavy atom. The van der Waals surface area contributed by atoms with E-state index in [0.29, 0.717) is 38.4 Å². The zero-order chi connectivity index (χ0) is 19.3. The minimum atomic E-state index is -2.93. The van der Waals surface area contributed by atoms with Crippen LogP contribution in [0, 0.1) is 0 Å². The van der Waals surface area contributed by atoms with Crippen LogP contribution in [-0.2, 0) is 27.7 Å². The van der Waals surface area contributed by atoms with Crippen molar-refractivity contribution in [1.29, 1.82) is 0 Å². The molecule has 148 valence electrons. The first kappa shape index (κ1) is 19.7. The summed E-state index contributed by atoms with van der Waals surface area (Å²) in [6, 6.07) is 7.94. The van der Waals surface area contributed by atoms with E-state index < -0.39 is 9.84 Å². The van der Waals surface area contributed by atoms with Crippen LogP contribution in [0.4, 0.5) is 0 Å². The molecule has 27 heavy (non-hydrogen) atoms. The molecule has 1 amide bonds. The van der Waals surface area contributed by atoms with Crippen molar-refractivity contribution in [3.8, 4) is 0 Å². The zero-order valence-corrected chi connectivity index (χ0v) is 16.6. The minimum absolute atomic E-state index is 0.0923. The van der Waals surface area contributed by atoms with Crippen LogP contribution in [-0.4, -0.2) is 55.8 Å². The van der Waals surface area contributed by atoms with Crippen LogP contribution in [0.3, 0.4) is 0 Å². The van der Waals surface area contributed by atoms with Crippen LogP contribution in [0.1, 0.15) is 37.3 Å². The van der Waals surface area contributed by atoms with Crippen LogP contribution in [0.25, 0.3) is 0 Å². The lowest BCUT2D eigenvalue weighted by molar-refractivity contribution is -0.128. The molecule has 2 fully saturated rings. The average molecular weight is 393 g/mol. The Balaban J connectivity index is 1.67. The predicted octanol–water partition coefficient (Wildman–Crippen LogP) is 1.05. The molecule has 2 saturated heterocycles. The molecule has 8 heteroatoms. The van der Waals surface area contributed by atoms with Crippen LogP contribution in [0.15, 0.2) is 29.3 Å². The number of nitrogens with one attached hydrogen (secondary N) is 2. The quantitative estimate of drug-likeness (QED) is 0.558. The van der Waals surface area contributed by atoms with E-state index in [9.17, 15) is 13.2 Å². The smallest absolute Gasteiger partial charge is 0.222 e. The molecule has 3 rings (SSSR count). The third-order valence-corrected chi connectivity index (χ3v) is 6.74. The first-order chi connectivity index (χ1) is 13.0. The molecule has 2 aliphatic rings. The van der Waals surface area contributed by atoms with Gasteiger partial charge in [0.1, 0.15) is 0 Å². The molecule has 0 spiro atoms. The normalized spacial score (nSPS) is 22.3. The van der Waals surface area contributed by atoms with Crippen molar-refractivity contribution in [2.24, 2.45) is 4.99 Å². The number of rotatable bonds is 6. The lowest BCUT2D eigenvalue weighted by Gasteiger charge is -2.18. The van der Waals surface area contributed by atoms with Crippen molar-refractivity contribution in [3.63, 3.8) is 0 Å². The standard InChI is InChI=1S/C19H28N4O3S/c1-2-20-19(22-17-9-11-27(25,26)14-17)21-12-15-6-3-4-7-16(15)13-23-10-5-8-18(23)24/h3-4,6-7,17H,2,5,8-14H2,1H3,(H2,20,21,22). The van der Waals surface area contributed by atoms with Crippen molar-refractivity contribution in [1.82, 2.24) is 15.5 Å². The molecule has 0 saturated carbocycles. The number of guanidine groups is 1. The molecule has 1 aromatic carbocycles. The molecule has 0 bridgehead atoms. The van der Waals surface area contributed by atoms with Crippen molar-refractivity contribution in [2.45, 2.75) is 45.3 Å². The lowest BCUT2D eigenvalue weighted by atomic mass is 10.1. The van der Waals surface area contributed by atoms with E-state index in [1.807, 2.05) is 36.1 Å². The molecule has 1 atom stereocenters. The summed E-state index contributed by atoms with van der Waals surface area (Å²) in [7, 11) is -2.93. The van der Waals surface area contributed by atoms with Crippen LogP contribution >= 0.6 is 0 Å². The highest BCUT2D eigenvalue weighted by Crippen LogP contribution is 2.18. The maximum absolute atomic E-state index is 11.9. The number of carbonyl (C=O) groups excluding carboxylic acids is 1. The monoisotopic (exact) mass is 392 g/mol. The molecule has 2 heterocycles. The highest BCUT2D eigenvalue weighted by Gasteiger charge is 2.28. The first-order valence-corrected chi connectivity index (χ1v) is 11.4. The Labute approximate surface area is 161 Å². The van der Waals surface area contributed by atoms with E-state index in [2.05, 4.69) is 15.6 Å². The highest BCUT2D eigenvalue weighted by atomic mass is 32.2. The number of likely N-dealkylation sites (tertiary alicyclic amines) is 1. The van der Waals surface area contributed by atoms with Gasteiger partial charge in [0.15, 0.2) is 15.8 Å². The largest absolute Gasteiger partial charge is 0.357 e. The second kappa shape index (κ2) is 8.73. The number of carbonyl (C=O) groups is 1. The Bertz CT molecular complexity index is 807. The number of aliphatic imine (C=N–C) groups is 1. The fourth-order valence-corrected chi connectivity index (χ4v) is 5.20. The van der Waals surface area contributed by atoms with Gasteiger partial charge in [-0.25, -0.2) is 13.4 Å². The molecule has 0 aliphatic carbocycles. The van der Waals surface area contributed by atoms with Gasteiger partial charge in [0.25, 0.3) is 0 Å². The van der Waals surface area contributed by atoms with E-state index in [1.165, 1.54) is 0 Å². The minimum Gasteiger partial charge on any atom is -0.357 e. The number of hydrogen-bond donors (Lipinski definition) is 2. The van der Waals surface area contributed by atoms with Crippen molar-refractivity contribution >= 4 is 21.7 Å². The van der Waals surface area contributed by atoms with E-state index in [0.717, 1.165) is 24.1 Å². The fraction of sp³-hybridized carbons (Fsp3) is 0.579. The Morgan fingerprint density at radius 1 is 1.30 bits per heavy atom. The molecule has 1 aromatic rings. The van der Waals surface area contributed by atoms with Gasteiger partial charge in [-0.3, -0.25) is 4.79 Å². The van der Waals surface area contributed by atoms with Crippen molar-refractivity contribution < 1.29 is 13.2 Å². The summed E-state index contributed by atoms with van der Waals surface area (Å²) in [5, 5.41) is 6.42. The number of nitrogens with zero attached hydrogens (tertiary/aromatic N) is 2. The predicted molar refractivity (Wildman–Crippen MR) is 106 cm³/mol. The summed E-state index contributed by atoms with van der Waals surface area (Å²) in [4.78, 5) is 18.5. The second-order valence-corrected chi connectivity index (χ2v) is 9.36. The number of sulfone groups is 1. The molecular formula is C19H28N4O3S. The van der Waals surface area contributed by atoms with Gasteiger partial charge in [-0.1, -0.05) is 24.3 Å². The summed E-state index contributed by atoms with van der Waals surface area (Å²) >= 11 is 0. The van der Waals surface area contributed by atoms with E-state index in [1.54, 1.807) is 0 Å². The zero-order valence-electron chi connectivity index (χ0n) is 15.8. The van der Waals surface area contributed by atoms with Crippen molar-refractivity contribution in [2.75, 3.05) is 24.6 Å². The summed E-state index contributed by atoms with van der Waals surface area (Å²) in [6.45, 7) is 4.60. The molecule has 7 nitrogen and oxygen atoms in total. The van der Waals surface area contributed by atoms with Gasteiger partial charge in [0, 0.05) is 32.1 Å². The second-order valence-electron chi connectivity index (χ2n) is 7.13. The van der Waals surface area contributed by atoms with Gasteiger partial charge in [-0.15, -0.1) is 0 Å². The van der Waals surface area contributed by atoms with Crippen LogP contribution in [0.2, 0.25) is 0 Å². The van der Waals surface area contributed by atoms with E-state index in [-0.39, 0.29) is 23.5 Å². The fourth-order valence-electron chi connectivity index (χ4n) is 3.53. The van der Waals surface area contributed by atoms with Gasteiger partial charge in [-0.05, 0) is 30.9 Å². The van der Waals surface area contributed by atoms with E-state index >= 15 is 0 Å². The maximum atomic E-state index is 11.9. The van der Waals surface area contributed by atoms with Gasteiger partial charge in [0.2, 0.25) is 5.91 Å². The lowest BCUT2D eigenvalue weighted by Crippen LogP contribution is -2.44. The maximum Gasteiger partial charge on any atom is 0.222 e. The Kier molecular flexibility index (Phi) is 6.36. The third-order valence-electron chi connectivity index (χ3n) is 4.98. The molecular weight excluding hydrogens is 364 g/mol. The summed E-state index contributed by atoms with van der Waals surface area (Å²) in [5.41, 5.74) is 2.18. The first-order valence-electron chi connectivity index (χ1n) is 9.56. The summed E-state index contributed by atoms with van der Waals surface area (Å²) in [6.07, 6.45) is 2.18. The molecule has 0 aromatic heterocycles. The molecule has 0 radical (unpaired) electrons. The summed E-state index contributed by atoms with van der Waals surface area (Å²) < 4.78 is 23.3. The third kappa shape index (κ3) is 5.45. The number of amides is 1. The van der Waals surface area contributed by atoms with Gasteiger partial charge in [-0.2, -0.15) is 0 Å². The number of benzene rings is 1. The average Bonchev–Trinajstić information content (AvgIpc) is 3.19.